The molecule has 2 aromatic heterocycles. The van der Waals surface area contributed by atoms with Crippen LogP contribution in [0.3, 0.4) is 0 Å². The van der Waals surface area contributed by atoms with Crippen molar-refractivity contribution in [2.45, 2.75) is 31.8 Å². The third kappa shape index (κ3) is 3.04. The molecular weight excluding hydrogens is 403 g/mol. The van der Waals surface area contributed by atoms with Crippen molar-refractivity contribution in [1.82, 2.24) is 5.32 Å². The SMILES string of the molecule is O=C1NC(c2ccc(-c3cc(Cl)cc(Cl)c3)o2)Nc2sc3c(c21)CCCC3. The first-order chi connectivity index (χ1) is 13.1. The Morgan fingerprint density at radius 1 is 1.04 bits per heavy atom. The summed E-state index contributed by atoms with van der Waals surface area (Å²) >= 11 is 13.9. The van der Waals surface area contributed by atoms with E-state index >= 15 is 0 Å². The van der Waals surface area contributed by atoms with E-state index in [4.69, 9.17) is 27.6 Å². The minimum atomic E-state index is -0.395. The Hall–Kier alpha value is -1.95. The highest BCUT2D eigenvalue weighted by molar-refractivity contribution is 7.16. The highest BCUT2D eigenvalue weighted by atomic mass is 35.5. The second-order valence-corrected chi connectivity index (χ2v) is 8.80. The molecule has 138 valence electrons. The van der Waals surface area contributed by atoms with Gasteiger partial charge in [0.15, 0.2) is 6.17 Å². The van der Waals surface area contributed by atoms with Crippen LogP contribution in [-0.2, 0) is 12.8 Å². The van der Waals surface area contributed by atoms with Crippen molar-refractivity contribution >= 4 is 45.4 Å². The van der Waals surface area contributed by atoms with Crippen molar-refractivity contribution in [1.29, 1.82) is 0 Å². The first-order valence-electron chi connectivity index (χ1n) is 8.86. The molecule has 1 unspecified atom stereocenters. The zero-order chi connectivity index (χ0) is 18.5. The van der Waals surface area contributed by atoms with Crippen LogP contribution in [0.1, 0.15) is 45.6 Å². The molecule has 1 amide bonds. The number of benzene rings is 1. The van der Waals surface area contributed by atoms with Gasteiger partial charge in [0.25, 0.3) is 5.91 Å². The quantitative estimate of drug-likeness (QED) is 0.532. The Kier molecular flexibility index (Phi) is 4.19. The molecule has 0 bridgehead atoms. The maximum absolute atomic E-state index is 12.7. The molecule has 1 aliphatic carbocycles. The van der Waals surface area contributed by atoms with Crippen molar-refractivity contribution in [2.24, 2.45) is 0 Å². The summed E-state index contributed by atoms with van der Waals surface area (Å²) in [4.78, 5) is 14.1. The lowest BCUT2D eigenvalue weighted by Crippen LogP contribution is -2.38. The number of rotatable bonds is 2. The Balaban J connectivity index is 1.46. The van der Waals surface area contributed by atoms with E-state index in [0.29, 0.717) is 21.6 Å². The molecular formula is C20H16Cl2N2O2S. The number of carbonyl (C=O) groups is 1. The van der Waals surface area contributed by atoms with Crippen LogP contribution in [0.15, 0.2) is 34.7 Å². The third-order valence-electron chi connectivity index (χ3n) is 5.01. The molecule has 0 saturated heterocycles. The molecule has 0 saturated carbocycles. The summed E-state index contributed by atoms with van der Waals surface area (Å²) < 4.78 is 5.99. The summed E-state index contributed by atoms with van der Waals surface area (Å²) in [6.45, 7) is 0. The van der Waals surface area contributed by atoms with Crippen molar-refractivity contribution in [3.63, 3.8) is 0 Å². The number of furan rings is 1. The van der Waals surface area contributed by atoms with Crippen molar-refractivity contribution in [3.8, 4) is 11.3 Å². The van der Waals surface area contributed by atoms with Gasteiger partial charge in [0, 0.05) is 20.5 Å². The molecule has 3 aromatic rings. The van der Waals surface area contributed by atoms with Gasteiger partial charge >= 0.3 is 0 Å². The lowest BCUT2D eigenvalue weighted by Gasteiger charge is -2.25. The topological polar surface area (TPSA) is 54.3 Å². The van der Waals surface area contributed by atoms with Gasteiger partial charge in [0.1, 0.15) is 16.5 Å². The van der Waals surface area contributed by atoms with Gasteiger partial charge in [-0.1, -0.05) is 23.2 Å². The summed E-state index contributed by atoms with van der Waals surface area (Å²) in [6.07, 6.45) is 4.00. The van der Waals surface area contributed by atoms with Crippen molar-refractivity contribution in [2.75, 3.05) is 5.32 Å². The van der Waals surface area contributed by atoms with Crippen LogP contribution >= 0.6 is 34.5 Å². The third-order valence-corrected chi connectivity index (χ3v) is 6.67. The molecule has 1 atom stereocenters. The minimum absolute atomic E-state index is 0.0306. The van der Waals surface area contributed by atoms with E-state index in [1.54, 1.807) is 29.5 Å². The predicted octanol–water partition coefficient (Wildman–Crippen LogP) is 6.05. The Labute approximate surface area is 170 Å². The number of fused-ring (bicyclic) bond motifs is 3. The number of amides is 1. The van der Waals surface area contributed by atoms with Gasteiger partial charge in [0.2, 0.25) is 0 Å². The molecule has 0 fully saturated rings. The molecule has 2 N–H and O–H groups in total. The van der Waals surface area contributed by atoms with Crippen LogP contribution in [0.5, 0.6) is 0 Å². The van der Waals surface area contributed by atoms with E-state index in [2.05, 4.69) is 10.6 Å². The number of hydrogen-bond donors (Lipinski definition) is 2. The number of halogens is 2. The van der Waals surface area contributed by atoms with Crippen LogP contribution < -0.4 is 10.6 Å². The summed E-state index contributed by atoms with van der Waals surface area (Å²) in [5.41, 5.74) is 2.84. The summed E-state index contributed by atoms with van der Waals surface area (Å²) in [5, 5.41) is 8.50. The minimum Gasteiger partial charge on any atom is -0.457 e. The molecule has 0 spiro atoms. The fourth-order valence-electron chi connectivity index (χ4n) is 3.78. The van der Waals surface area contributed by atoms with Crippen LogP contribution in [0.25, 0.3) is 11.3 Å². The molecule has 4 nitrogen and oxygen atoms in total. The van der Waals surface area contributed by atoms with Crippen molar-refractivity contribution < 1.29 is 9.21 Å². The number of anilines is 1. The molecule has 5 rings (SSSR count). The lowest BCUT2D eigenvalue weighted by atomic mass is 9.94. The number of nitrogens with one attached hydrogen (secondary N) is 2. The zero-order valence-electron chi connectivity index (χ0n) is 14.3. The molecule has 0 radical (unpaired) electrons. The van der Waals surface area contributed by atoms with E-state index < -0.39 is 6.17 Å². The maximum atomic E-state index is 12.7. The summed E-state index contributed by atoms with van der Waals surface area (Å²) in [6, 6.07) is 9.00. The van der Waals surface area contributed by atoms with Gasteiger partial charge in [0.05, 0.1) is 5.56 Å². The average Bonchev–Trinajstić information content (AvgIpc) is 3.25. The number of aryl methyl sites for hydroxylation is 1. The molecule has 7 heteroatoms. The highest BCUT2D eigenvalue weighted by Gasteiger charge is 2.33. The molecule has 1 aromatic carbocycles. The van der Waals surface area contributed by atoms with E-state index in [1.165, 1.54) is 16.9 Å². The van der Waals surface area contributed by atoms with E-state index in [1.807, 2.05) is 12.1 Å². The van der Waals surface area contributed by atoms with E-state index in [9.17, 15) is 4.79 Å². The standard InChI is InChI=1S/C20H16Cl2N2O2S/c21-11-7-10(8-12(22)9-11)14-5-6-15(26-14)18-23-19(25)17-13-3-1-2-4-16(13)27-20(17)24-18/h5-9,18,24H,1-4H2,(H,23,25). The molecule has 3 heterocycles. The van der Waals surface area contributed by atoms with Gasteiger partial charge in [-0.25, -0.2) is 0 Å². The van der Waals surface area contributed by atoms with Crippen LogP contribution in [0.4, 0.5) is 5.00 Å². The van der Waals surface area contributed by atoms with Crippen molar-refractivity contribution in [3.05, 3.63) is 62.1 Å². The number of thiophene rings is 1. The summed E-state index contributed by atoms with van der Waals surface area (Å²) in [7, 11) is 0. The van der Waals surface area contributed by atoms with E-state index in [0.717, 1.165) is 35.4 Å². The van der Waals surface area contributed by atoms with Gasteiger partial charge in [-0.15, -0.1) is 11.3 Å². The molecule has 1 aliphatic heterocycles. The number of hydrogen-bond acceptors (Lipinski definition) is 4. The van der Waals surface area contributed by atoms with Crippen LogP contribution in [0, 0.1) is 0 Å². The lowest BCUT2D eigenvalue weighted by molar-refractivity contribution is 0.0930. The number of carbonyl (C=O) groups excluding carboxylic acids is 1. The Morgan fingerprint density at radius 2 is 1.81 bits per heavy atom. The highest BCUT2D eigenvalue weighted by Crippen LogP contribution is 2.42. The van der Waals surface area contributed by atoms with E-state index in [-0.39, 0.29) is 5.91 Å². The second-order valence-electron chi connectivity index (χ2n) is 6.83. The average molecular weight is 419 g/mol. The second kappa shape index (κ2) is 6.59. The zero-order valence-corrected chi connectivity index (χ0v) is 16.6. The first-order valence-corrected chi connectivity index (χ1v) is 10.4. The first kappa shape index (κ1) is 17.2. The normalized spacial score (nSPS) is 18.4. The monoisotopic (exact) mass is 418 g/mol. The Bertz CT molecular complexity index is 1040. The maximum Gasteiger partial charge on any atom is 0.256 e. The fraction of sp³-hybridized carbons (Fsp3) is 0.250. The molecule has 27 heavy (non-hydrogen) atoms. The largest absolute Gasteiger partial charge is 0.457 e. The van der Waals surface area contributed by atoms with Crippen LogP contribution in [0.2, 0.25) is 10.0 Å². The van der Waals surface area contributed by atoms with Gasteiger partial charge < -0.3 is 15.1 Å². The van der Waals surface area contributed by atoms with Gasteiger partial charge in [-0.2, -0.15) is 0 Å². The Morgan fingerprint density at radius 3 is 2.63 bits per heavy atom. The van der Waals surface area contributed by atoms with Crippen LogP contribution in [-0.4, -0.2) is 5.91 Å². The molecule has 2 aliphatic rings. The fourth-order valence-corrected chi connectivity index (χ4v) is 5.62. The summed E-state index contributed by atoms with van der Waals surface area (Å²) in [5.74, 6) is 1.27. The predicted molar refractivity (Wildman–Crippen MR) is 109 cm³/mol. The smallest absolute Gasteiger partial charge is 0.256 e. The van der Waals surface area contributed by atoms with Gasteiger partial charge in [-0.3, -0.25) is 4.79 Å². The van der Waals surface area contributed by atoms with Gasteiger partial charge in [-0.05, 0) is 61.6 Å².